The summed E-state index contributed by atoms with van der Waals surface area (Å²) in [6.45, 7) is 11.8. The van der Waals surface area contributed by atoms with Gasteiger partial charge in [-0.15, -0.1) is 0 Å². The van der Waals surface area contributed by atoms with Crippen molar-refractivity contribution in [3.63, 3.8) is 0 Å². The number of allylic oxidation sites excluding steroid dienone is 1. The van der Waals surface area contributed by atoms with Gasteiger partial charge in [-0.3, -0.25) is 29.0 Å². The van der Waals surface area contributed by atoms with E-state index in [1.807, 2.05) is 50.3 Å². The zero-order valence-electron chi connectivity index (χ0n) is 28.8. The van der Waals surface area contributed by atoms with Crippen molar-refractivity contribution in [3.05, 3.63) is 47.7 Å². The van der Waals surface area contributed by atoms with E-state index in [0.29, 0.717) is 25.1 Å². The maximum absolute atomic E-state index is 13.6. The van der Waals surface area contributed by atoms with E-state index < -0.39 is 57.7 Å². The Kier molecular flexibility index (Phi) is 14.0. The average Bonchev–Trinajstić information content (AvgIpc) is 3.03. The van der Waals surface area contributed by atoms with Crippen LogP contribution in [0.3, 0.4) is 0 Å². The molecule has 3 rings (SSSR count). The van der Waals surface area contributed by atoms with E-state index in [9.17, 15) is 24.0 Å². The Labute approximate surface area is 302 Å². The number of aromatic nitrogens is 1. The maximum atomic E-state index is 13.6. The van der Waals surface area contributed by atoms with Gasteiger partial charge in [0.25, 0.3) is 5.91 Å². The lowest BCUT2D eigenvalue weighted by atomic mass is 9.79. The van der Waals surface area contributed by atoms with E-state index in [2.05, 4.69) is 15.7 Å². The van der Waals surface area contributed by atoms with Crippen molar-refractivity contribution in [1.82, 2.24) is 20.7 Å². The molecule has 4 atom stereocenters. The molecule has 2 heterocycles. The summed E-state index contributed by atoms with van der Waals surface area (Å²) in [5, 5.41) is 4.96. The summed E-state index contributed by atoms with van der Waals surface area (Å²) in [4.78, 5) is 68.7. The number of amides is 2. The van der Waals surface area contributed by atoms with Gasteiger partial charge >= 0.3 is 11.9 Å². The summed E-state index contributed by atoms with van der Waals surface area (Å²) in [5.74, 6) is -2.91. The molecule has 1 fully saturated rings. The predicted molar refractivity (Wildman–Crippen MR) is 189 cm³/mol. The monoisotopic (exact) mass is 738 g/mol. The van der Waals surface area contributed by atoms with Gasteiger partial charge in [-0.1, -0.05) is 79.0 Å². The number of nitrogens with one attached hydrogen (secondary N) is 2. The van der Waals surface area contributed by atoms with E-state index in [-0.39, 0.29) is 24.1 Å². The topological polar surface area (TPSA) is 144 Å². The number of hydrazine groups is 1. The predicted octanol–water partition coefficient (Wildman–Crippen LogP) is 6.04. The molecule has 1 aliphatic rings. The highest BCUT2D eigenvalue weighted by Gasteiger charge is 2.36. The van der Waals surface area contributed by atoms with Crippen LogP contribution in [-0.2, 0) is 33.4 Å². The molecule has 49 heavy (non-hydrogen) atoms. The summed E-state index contributed by atoms with van der Waals surface area (Å²) in [6, 6.07) is 7.73. The van der Waals surface area contributed by atoms with Crippen molar-refractivity contribution in [2.45, 2.75) is 89.7 Å². The molecule has 11 nitrogen and oxygen atoms in total. The first kappa shape index (κ1) is 40.2. The molecule has 2 N–H and O–H groups in total. The van der Waals surface area contributed by atoms with Gasteiger partial charge in [0.1, 0.15) is 30.6 Å². The molecule has 2 aromatic rings. The number of esters is 2. The number of Topliss-reactive ketones (excluding diaryl/α,β-unsaturated/α-hetero) is 1. The number of rotatable bonds is 13. The first-order valence-corrected chi connectivity index (χ1v) is 17.3. The second kappa shape index (κ2) is 17.1. The molecule has 0 spiro atoms. The van der Waals surface area contributed by atoms with Crippen molar-refractivity contribution in [3.8, 4) is 0 Å². The third kappa shape index (κ3) is 11.9. The van der Waals surface area contributed by atoms with E-state index in [1.165, 1.54) is 11.9 Å². The van der Waals surface area contributed by atoms with Gasteiger partial charge in [-0.25, -0.2) is 10.4 Å². The molecule has 1 aromatic carbocycles. The highest BCUT2D eigenvalue weighted by Crippen LogP contribution is 2.29. The van der Waals surface area contributed by atoms with Gasteiger partial charge in [-0.05, 0) is 64.2 Å². The SMILES string of the molecule is CC(=O)O[C@H](C)c1ccc2ccc(/C=C/C(C)(C)C(=O)C[C@H](C(=O)N[C@@H](C)C(=O)N3CCC[C@@H](C(=O)OCC(Cl)(Cl)Cl)N3)C(C)C)cc2n1. The lowest BCUT2D eigenvalue weighted by Gasteiger charge is -2.34. The number of pyridine rings is 1. The number of carbonyl (C=O) groups is 5. The third-order valence-electron chi connectivity index (χ3n) is 8.30. The second-order valence-corrected chi connectivity index (χ2v) is 15.8. The first-order valence-electron chi connectivity index (χ1n) is 16.2. The van der Waals surface area contributed by atoms with Crippen LogP contribution in [0.5, 0.6) is 0 Å². The number of hydrogen-bond donors (Lipinski definition) is 2. The Morgan fingerprint density at radius 1 is 1.08 bits per heavy atom. The molecule has 1 aromatic heterocycles. The molecule has 1 saturated heterocycles. The minimum absolute atomic E-state index is 0.0303. The van der Waals surface area contributed by atoms with Crippen LogP contribution in [0, 0.1) is 17.3 Å². The Morgan fingerprint density at radius 3 is 2.39 bits per heavy atom. The van der Waals surface area contributed by atoms with Crippen LogP contribution in [0.15, 0.2) is 36.4 Å². The quantitative estimate of drug-likeness (QED) is 0.186. The highest BCUT2D eigenvalue weighted by atomic mass is 35.6. The minimum Gasteiger partial charge on any atom is -0.460 e. The molecule has 14 heteroatoms. The van der Waals surface area contributed by atoms with Crippen LogP contribution in [-0.4, -0.2) is 68.6 Å². The van der Waals surface area contributed by atoms with Crippen LogP contribution in [0.25, 0.3) is 17.0 Å². The Morgan fingerprint density at radius 2 is 1.76 bits per heavy atom. The van der Waals surface area contributed by atoms with Crippen molar-refractivity contribution < 1.29 is 33.4 Å². The lowest BCUT2D eigenvalue weighted by molar-refractivity contribution is -0.153. The van der Waals surface area contributed by atoms with Crippen LogP contribution >= 0.6 is 34.8 Å². The summed E-state index contributed by atoms with van der Waals surface area (Å²) >= 11 is 17.0. The summed E-state index contributed by atoms with van der Waals surface area (Å²) < 4.78 is 8.55. The number of alkyl halides is 3. The smallest absolute Gasteiger partial charge is 0.325 e. The number of halogens is 3. The molecule has 0 radical (unpaired) electrons. The van der Waals surface area contributed by atoms with Crippen molar-refractivity contribution in [2.75, 3.05) is 13.2 Å². The second-order valence-electron chi connectivity index (χ2n) is 13.2. The fraction of sp³-hybridized carbons (Fsp3) is 0.543. The molecule has 0 unspecified atom stereocenters. The van der Waals surface area contributed by atoms with Gasteiger partial charge in [0, 0.05) is 36.6 Å². The summed E-state index contributed by atoms with van der Waals surface area (Å²) in [6.07, 6.45) is 4.07. The first-order chi connectivity index (χ1) is 22.8. The average molecular weight is 740 g/mol. The number of nitrogens with zero attached hydrogens (tertiary/aromatic N) is 2. The molecular formula is C35H45Cl3N4O7. The summed E-state index contributed by atoms with van der Waals surface area (Å²) in [7, 11) is 0. The van der Waals surface area contributed by atoms with E-state index in [4.69, 9.17) is 44.3 Å². The van der Waals surface area contributed by atoms with Crippen LogP contribution in [0.2, 0.25) is 0 Å². The minimum atomic E-state index is -1.76. The van der Waals surface area contributed by atoms with E-state index >= 15 is 0 Å². The van der Waals surface area contributed by atoms with E-state index in [1.54, 1.807) is 33.8 Å². The normalized spacial score (nSPS) is 17.4. The standard InChI is InChI=1S/C35H45Cl3N4O7/c1-20(2)26(31(45)39-21(3)32(46)42-16-8-9-28(41-42)33(47)48-19-35(36,37)38)18-30(44)34(6,7)15-14-24-10-11-25-12-13-27(40-29(25)17-24)22(4)49-23(5)43/h10-15,17,20-22,26,28,41H,8-9,16,18-19H2,1-7H3,(H,39,45)/b15-14+/t21-,22+,26-,28-/m0/s1. The Balaban J connectivity index is 1.63. The zero-order valence-corrected chi connectivity index (χ0v) is 31.1. The van der Waals surface area contributed by atoms with Crippen LogP contribution < -0.4 is 10.7 Å². The molecule has 268 valence electrons. The van der Waals surface area contributed by atoms with Gasteiger partial charge in [0.2, 0.25) is 9.70 Å². The Hall–Kier alpha value is -3.25. The number of fused-ring (bicyclic) bond motifs is 1. The van der Waals surface area contributed by atoms with Gasteiger partial charge in [-0.2, -0.15) is 0 Å². The lowest BCUT2D eigenvalue weighted by Crippen LogP contribution is -2.60. The third-order valence-corrected chi connectivity index (χ3v) is 8.63. The number of ketones is 1. The molecule has 0 saturated carbocycles. The fourth-order valence-corrected chi connectivity index (χ4v) is 5.43. The van der Waals surface area contributed by atoms with Gasteiger partial charge < -0.3 is 14.8 Å². The Bertz CT molecular complexity index is 1570. The van der Waals surface area contributed by atoms with Crippen molar-refractivity contribution in [1.29, 1.82) is 0 Å². The largest absolute Gasteiger partial charge is 0.460 e. The zero-order chi connectivity index (χ0) is 36.7. The highest BCUT2D eigenvalue weighted by molar-refractivity contribution is 6.67. The molecule has 0 aliphatic carbocycles. The van der Waals surface area contributed by atoms with Crippen LogP contribution in [0.4, 0.5) is 0 Å². The maximum Gasteiger partial charge on any atom is 0.325 e. The molecule has 2 amide bonds. The molecule has 1 aliphatic heterocycles. The van der Waals surface area contributed by atoms with Crippen LogP contribution in [0.1, 0.15) is 85.1 Å². The van der Waals surface area contributed by atoms with Crippen molar-refractivity contribution in [2.24, 2.45) is 17.3 Å². The van der Waals surface area contributed by atoms with E-state index in [0.717, 1.165) is 16.5 Å². The fourth-order valence-electron chi connectivity index (χ4n) is 5.27. The van der Waals surface area contributed by atoms with Gasteiger partial charge in [0.05, 0.1) is 11.2 Å². The molecular weight excluding hydrogens is 695 g/mol. The molecule has 0 bridgehead atoms. The number of carbonyl (C=O) groups excluding carboxylic acids is 5. The van der Waals surface area contributed by atoms with Gasteiger partial charge in [0.15, 0.2) is 0 Å². The van der Waals surface area contributed by atoms with Crippen molar-refractivity contribution >= 4 is 81.3 Å². The number of hydrogen-bond acceptors (Lipinski definition) is 9. The summed E-state index contributed by atoms with van der Waals surface area (Å²) in [5.41, 5.74) is 4.12. The number of benzene rings is 1. The number of ether oxygens (including phenoxy) is 2.